The van der Waals surface area contributed by atoms with Gasteiger partial charge in [0.2, 0.25) is 0 Å². The summed E-state index contributed by atoms with van der Waals surface area (Å²) in [4.78, 5) is 21.7. The molecule has 19 heavy (non-hydrogen) atoms. The molecule has 2 aromatic rings. The number of carbonyl (C=O) groups excluding carboxylic acids is 1. The number of halogens is 3. The van der Waals surface area contributed by atoms with Crippen molar-refractivity contribution >= 4 is 5.91 Å². The van der Waals surface area contributed by atoms with Crippen molar-refractivity contribution in [3.05, 3.63) is 42.1 Å². The highest BCUT2D eigenvalue weighted by Crippen LogP contribution is 2.28. The molecule has 0 atom stereocenters. The second kappa shape index (κ2) is 4.63. The van der Waals surface area contributed by atoms with Crippen molar-refractivity contribution in [1.29, 1.82) is 0 Å². The van der Waals surface area contributed by atoms with Crippen LogP contribution in [0.4, 0.5) is 13.2 Å². The summed E-state index contributed by atoms with van der Waals surface area (Å²) in [6.07, 6.45) is -2.37. The van der Waals surface area contributed by atoms with Gasteiger partial charge in [-0.3, -0.25) is 9.78 Å². The van der Waals surface area contributed by atoms with E-state index in [-0.39, 0.29) is 11.4 Å². The molecule has 0 saturated heterocycles. The molecule has 2 aromatic heterocycles. The van der Waals surface area contributed by atoms with E-state index in [1.165, 1.54) is 12.1 Å². The zero-order valence-electron chi connectivity index (χ0n) is 9.35. The second-order valence-corrected chi connectivity index (χ2v) is 3.58. The lowest BCUT2D eigenvalue weighted by molar-refractivity contribution is -0.141. The van der Waals surface area contributed by atoms with Crippen molar-refractivity contribution in [2.24, 2.45) is 5.73 Å². The van der Waals surface area contributed by atoms with E-state index < -0.39 is 17.8 Å². The first kappa shape index (κ1) is 12.9. The molecule has 5 nitrogen and oxygen atoms in total. The van der Waals surface area contributed by atoms with Gasteiger partial charge in [0.15, 0.2) is 0 Å². The summed E-state index contributed by atoms with van der Waals surface area (Å²) in [5.74, 6) is -0.747. The van der Waals surface area contributed by atoms with Gasteiger partial charge < -0.3 is 5.73 Å². The number of nitrogens with zero attached hydrogens (tertiary/aromatic N) is 3. The molecule has 8 heteroatoms. The summed E-state index contributed by atoms with van der Waals surface area (Å²) in [6.45, 7) is 0. The summed E-state index contributed by atoms with van der Waals surface area (Å²) < 4.78 is 37.0. The van der Waals surface area contributed by atoms with Gasteiger partial charge >= 0.3 is 6.18 Å². The van der Waals surface area contributed by atoms with Crippen molar-refractivity contribution in [1.82, 2.24) is 15.0 Å². The molecule has 0 aromatic carbocycles. The first-order chi connectivity index (χ1) is 8.88. The first-order valence-electron chi connectivity index (χ1n) is 5.03. The lowest BCUT2D eigenvalue weighted by Gasteiger charge is -2.06. The van der Waals surface area contributed by atoms with E-state index in [2.05, 4.69) is 15.0 Å². The van der Waals surface area contributed by atoms with E-state index >= 15 is 0 Å². The molecule has 2 rings (SSSR count). The number of hydrogen-bond acceptors (Lipinski definition) is 4. The smallest absolute Gasteiger partial charge is 0.364 e. The van der Waals surface area contributed by atoms with E-state index in [4.69, 9.17) is 5.73 Å². The predicted molar refractivity (Wildman–Crippen MR) is 58.8 cm³/mol. The molecule has 0 spiro atoms. The summed E-state index contributed by atoms with van der Waals surface area (Å²) in [7, 11) is 0. The fraction of sp³-hybridized carbons (Fsp3) is 0.0909. The normalized spacial score (nSPS) is 11.3. The Labute approximate surface area is 105 Å². The Kier molecular flexibility index (Phi) is 3.16. The second-order valence-electron chi connectivity index (χ2n) is 3.58. The van der Waals surface area contributed by atoms with Gasteiger partial charge in [0.1, 0.15) is 17.7 Å². The monoisotopic (exact) mass is 268 g/mol. The zero-order valence-corrected chi connectivity index (χ0v) is 9.35. The topological polar surface area (TPSA) is 81.8 Å². The molecule has 0 bridgehead atoms. The van der Waals surface area contributed by atoms with Crippen molar-refractivity contribution in [2.45, 2.75) is 6.18 Å². The van der Waals surface area contributed by atoms with E-state index in [0.717, 1.165) is 18.6 Å². The Hall–Kier alpha value is -2.51. The predicted octanol–water partition coefficient (Wildman–Crippen LogP) is 1.66. The molecule has 1 amide bonds. The minimum absolute atomic E-state index is 0.0232. The van der Waals surface area contributed by atoms with Crippen molar-refractivity contribution in [3.8, 4) is 11.3 Å². The van der Waals surface area contributed by atoms with Crippen LogP contribution >= 0.6 is 0 Å². The molecule has 2 N–H and O–H groups in total. The third-order valence-electron chi connectivity index (χ3n) is 2.27. The van der Waals surface area contributed by atoms with Crippen LogP contribution in [0, 0.1) is 0 Å². The average Bonchev–Trinajstić information content (AvgIpc) is 2.38. The van der Waals surface area contributed by atoms with Crippen molar-refractivity contribution in [3.63, 3.8) is 0 Å². The first-order valence-corrected chi connectivity index (χ1v) is 5.03. The molecular weight excluding hydrogens is 261 g/mol. The Bertz CT molecular complexity index is 610. The summed E-state index contributed by atoms with van der Waals surface area (Å²) in [5, 5.41) is 0. The molecular formula is C11H7F3N4O. The minimum atomic E-state index is -4.50. The van der Waals surface area contributed by atoms with Gasteiger partial charge in [-0.05, 0) is 18.2 Å². The van der Waals surface area contributed by atoms with E-state index in [9.17, 15) is 18.0 Å². The number of carbonyl (C=O) groups is 1. The zero-order chi connectivity index (χ0) is 14.0. The Morgan fingerprint density at radius 2 is 1.89 bits per heavy atom. The lowest BCUT2D eigenvalue weighted by atomic mass is 10.1. The highest BCUT2D eigenvalue weighted by molar-refractivity contribution is 5.91. The fourth-order valence-corrected chi connectivity index (χ4v) is 1.36. The number of nitrogens with two attached hydrogens (primary N) is 1. The maximum absolute atomic E-state index is 12.3. The molecule has 0 radical (unpaired) electrons. The molecule has 0 fully saturated rings. The van der Waals surface area contributed by atoms with Crippen LogP contribution in [0.25, 0.3) is 11.3 Å². The van der Waals surface area contributed by atoms with E-state index in [0.29, 0.717) is 5.56 Å². The van der Waals surface area contributed by atoms with Gasteiger partial charge in [-0.2, -0.15) is 13.2 Å². The van der Waals surface area contributed by atoms with Gasteiger partial charge in [-0.1, -0.05) is 0 Å². The van der Waals surface area contributed by atoms with Gasteiger partial charge in [0.05, 0.1) is 5.69 Å². The number of primary amides is 1. The van der Waals surface area contributed by atoms with Gasteiger partial charge in [0.25, 0.3) is 5.91 Å². The summed E-state index contributed by atoms with van der Waals surface area (Å²) >= 11 is 0. The van der Waals surface area contributed by atoms with E-state index in [1.54, 1.807) is 0 Å². The van der Waals surface area contributed by atoms with Crippen LogP contribution in [0.15, 0.2) is 30.7 Å². The average molecular weight is 268 g/mol. The quantitative estimate of drug-likeness (QED) is 0.897. The number of hydrogen-bond donors (Lipinski definition) is 1. The Morgan fingerprint density at radius 3 is 2.42 bits per heavy atom. The number of aromatic nitrogens is 3. The molecule has 0 unspecified atom stereocenters. The van der Waals surface area contributed by atoms with Crippen LogP contribution in [-0.4, -0.2) is 20.9 Å². The van der Waals surface area contributed by atoms with Crippen LogP contribution in [0.5, 0.6) is 0 Å². The molecule has 0 aliphatic carbocycles. The Morgan fingerprint density at radius 1 is 1.16 bits per heavy atom. The molecule has 0 saturated carbocycles. The van der Waals surface area contributed by atoms with Crippen LogP contribution in [-0.2, 0) is 6.18 Å². The summed E-state index contributed by atoms with van der Waals surface area (Å²) in [5.41, 5.74) is 4.63. The van der Waals surface area contributed by atoms with Gasteiger partial charge in [0, 0.05) is 11.8 Å². The third kappa shape index (κ3) is 2.84. The van der Waals surface area contributed by atoms with Crippen LogP contribution in [0.2, 0.25) is 0 Å². The largest absolute Gasteiger partial charge is 0.433 e. The maximum atomic E-state index is 12.3. The minimum Gasteiger partial charge on any atom is -0.364 e. The van der Waals surface area contributed by atoms with Crippen LogP contribution < -0.4 is 5.73 Å². The molecule has 0 aliphatic rings. The van der Waals surface area contributed by atoms with Crippen molar-refractivity contribution in [2.75, 3.05) is 0 Å². The van der Waals surface area contributed by atoms with Gasteiger partial charge in [-0.15, -0.1) is 0 Å². The molecule has 2 heterocycles. The maximum Gasteiger partial charge on any atom is 0.433 e. The fourth-order valence-electron chi connectivity index (χ4n) is 1.36. The Balaban J connectivity index is 2.37. The van der Waals surface area contributed by atoms with Crippen LogP contribution in [0.3, 0.4) is 0 Å². The van der Waals surface area contributed by atoms with E-state index in [1.807, 2.05) is 0 Å². The highest BCUT2D eigenvalue weighted by Gasteiger charge is 2.32. The molecule has 0 aliphatic heterocycles. The summed E-state index contributed by atoms with van der Waals surface area (Å²) in [6, 6.07) is 3.33. The number of rotatable bonds is 2. The van der Waals surface area contributed by atoms with Crippen LogP contribution in [0.1, 0.15) is 16.2 Å². The number of pyridine rings is 1. The number of amides is 1. The standard InChI is InChI=1S/C11H7F3N4O/c12-11(13,14)9-2-1-6(4-16-9)7-3-8(10(15)19)18-5-17-7/h1-5H,(H2,15,19). The van der Waals surface area contributed by atoms with Crippen molar-refractivity contribution < 1.29 is 18.0 Å². The lowest BCUT2D eigenvalue weighted by Crippen LogP contribution is -2.13. The molecule has 98 valence electrons. The number of alkyl halides is 3. The highest BCUT2D eigenvalue weighted by atomic mass is 19.4. The SMILES string of the molecule is NC(=O)c1cc(-c2ccc(C(F)(F)F)nc2)ncn1. The van der Waals surface area contributed by atoms with Gasteiger partial charge in [-0.25, -0.2) is 9.97 Å². The third-order valence-corrected chi connectivity index (χ3v) is 2.27.